The Morgan fingerprint density at radius 1 is 1.32 bits per heavy atom. The van der Waals surface area contributed by atoms with Gasteiger partial charge in [-0.05, 0) is 69.3 Å². The molecule has 0 saturated heterocycles. The average Bonchev–Trinajstić information content (AvgIpc) is 3.32. The zero-order valence-corrected chi connectivity index (χ0v) is 15.3. The Kier molecular flexibility index (Phi) is 3.92. The van der Waals surface area contributed by atoms with Crippen molar-refractivity contribution in [2.75, 3.05) is 10.6 Å². The number of rotatable bonds is 5. The molecule has 6 nitrogen and oxygen atoms in total. The molecule has 1 amide bonds. The maximum absolute atomic E-state index is 12.1. The monoisotopic (exact) mass is 355 g/mol. The number of nitrogens with one attached hydrogen (secondary N) is 3. The van der Waals surface area contributed by atoms with Crippen LogP contribution < -0.4 is 15.4 Å². The fraction of sp³-hybridized carbons (Fsp3) is 0.389. The van der Waals surface area contributed by atoms with Crippen molar-refractivity contribution in [1.82, 2.24) is 14.7 Å². The Morgan fingerprint density at radius 2 is 2.12 bits per heavy atom. The lowest BCUT2D eigenvalue weighted by Crippen LogP contribution is -2.18. The molecule has 25 heavy (non-hydrogen) atoms. The zero-order chi connectivity index (χ0) is 17.6. The lowest BCUT2D eigenvalue weighted by molar-refractivity contribution is -0.117. The highest BCUT2D eigenvalue weighted by Crippen LogP contribution is 2.54. The van der Waals surface area contributed by atoms with Gasteiger partial charge in [0.1, 0.15) is 5.82 Å². The van der Waals surface area contributed by atoms with Crippen molar-refractivity contribution >= 4 is 35.3 Å². The number of fused-ring (bicyclic) bond motifs is 2. The molecule has 0 atom stereocenters. The van der Waals surface area contributed by atoms with Crippen LogP contribution in [0.15, 0.2) is 29.3 Å². The number of aromatic nitrogens is 2. The number of carbonyl (C=O) groups excluding carboxylic acids is 1. The van der Waals surface area contributed by atoms with E-state index in [2.05, 4.69) is 58.2 Å². The number of amides is 1. The van der Waals surface area contributed by atoms with Gasteiger partial charge in [-0.3, -0.25) is 9.52 Å². The number of hydrogen-bond donors (Lipinski definition) is 3. The SMILES string of the molecule is Cc1cc(SNC(C)C)ccc1Nc1ncc2c(n1)NC(=O)C21CC1. The van der Waals surface area contributed by atoms with Gasteiger partial charge < -0.3 is 10.6 Å². The summed E-state index contributed by atoms with van der Waals surface area (Å²) in [4.78, 5) is 22.1. The molecular formula is C18H21N5OS. The summed E-state index contributed by atoms with van der Waals surface area (Å²) in [5, 5.41) is 6.14. The molecule has 1 aliphatic carbocycles. The summed E-state index contributed by atoms with van der Waals surface area (Å²) in [7, 11) is 0. The van der Waals surface area contributed by atoms with Crippen LogP contribution in [0, 0.1) is 6.92 Å². The van der Waals surface area contributed by atoms with Crippen LogP contribution in [0.2, 0.25) is 0 Å². The largest absolute Gasteiger partial charge is 0.324 e. The third-order valence-corrected chi connectivity index (χ3v) is 5.66. The lowest BCUT2D eigenvalue weighted by Gasteiger charge is -2.12. The van der Waals surface area contributed by atoms with E-state index in [1.165, 1.54) is 0 Å². The molecule has 0 unspecified atom stereocenters. The van der Waals surface area contributed by atoms with Crippen molar-refractivity contribution in [3.05, 3.63) is 35.5 Å². The van der Waals surface area contributed by atoms with Gasteiger partial charge in [0, 0.05) is 28.4 Å². The van der Waals surface area contributed by atoms with Gasteiger partial charge in [0.05, 0.1) is 5.41 Å². The lowest BCUT2D eigenvalue weighted by atomic mass is 10.0. The zero-order valence-electron chi connectivity index (χ0n) is 14.5. The van der Waals surface area contributed by atoms with Crippen LogP contribution in [-0.2, 0) is 10.2 Å². The second kappa shape index (κ2) is 6.00. The molecule has 2 aliphatic rings. The smallest absolute Gasteiger partial charge is 0.236 e. The number of carbonyl (C=O) groups is 1. The van der Waals surface area contributed by atoms with Crippen molar-refractivity contribution in [3.8, 4) is 0 Å². The summed E-state index contributed by atoms with van der Waals surface area (Å²) in [5.74, 6) is 1.20. The topological polar surface area (TPSA) is 78.9 Å². The molecule has 1 fully saturated rings. The van der Waals surface area contributed by atoms with Crippen LogP contribution >= 0.6 is 11.9 Å². The Morgan fingerprint density at radius 3 is 2.80 bits per heavy atom. The van der Waals surface area contributed by atoms with E-state index in [9.17, 15) is 4.79 Å². The Labute approximate surface area is 151 Å². The summed E-state index contributed by atoms with van der Waals surface area (Å²) >= 11 is 1.62. The van der Waals surface area contributed by atoms with Gasteiger partial charge in [0.25, 0.3) is 0 Å². The molecule has 3 N–H and O–H groups in total. The molecular weight excluding hydrogens is 334 g/mol. The summed E-state index contributed by atoms with van der Waals surface area (Å²) in [6.07, 6.45) is 3.57. The van der Waals surface area contributed by atoms with Crippen LogP contribution in [0.3, 0.4) is 0 Å². The Balaban J connectivity index is 1.51. The van der Waals surface area contributed by atoms with Gasteiger partial charge in [-0.25, -0.2) is 4.98 Å². The average molecular weight is 355 g/mol. The second-order valence-electron chi connectivity index (χ2n) is 6.97. The van der Waals surface area contributed by atoms with Gasteiger partial charge in [-0.2, -0.15) is 4.98 Å². The molecule has 0 bridgehead atoms. The summed E-state index contributed by atoms with van der Waals surface area (Å²) < 4.78 is 3.34. The number of hydrogen-bond acceptors (Lipinski definition) is 6. The second-order valence-corrected chi connectivity index (χ2v) is 7.88. The highest BCUT2D eigenvalue weighted by Gasteiger charge is 2.57. The predicted octanol–water partition coefficient (Wildman–Crippen LogP) is 3.52. The first-order valence-corrected chi connectivity index (χ1v) is 9.29. The van der Waals surface area contributed by atoms with E-state index in [0.29, 0.717) is 17.8 Å². The van der Waals surface area contributed by atoms with E-state index in [4.69, 9.17) is 0 Å². The fourth-order valence-corrected chi connectivity index (χ4v) is 3.75. The highest BCUT2D eigenvalue weighted by atomic mass is 32.2. The number of benzene rings is 1. The van der Waals surface area contributed by atoms with E-state index in [1.54, 1.807) is 18.1 Å². The molecule has 130 valence electrons. The van der Waals surface area contributed by atoms with E-state index in [1.807, 2.05) is 6.07 Å². The van der Waals surface area contributed by atoms with E-state index in [0.717, 1.165) is 34.6 Å². The van der Waals surface area contributed by atoms with Crippen LogP contribution in [0.4, 0.5) is 17.5 Å². The van der Waals surface area contributed by atoms with Gasteiger partial charge >= 0.3 is 0 Å². The molecule has 2 aromatic rings. The number of anilines is 3. The van der Waals surface area contributed by atoms with Crippen molar-refractivity contribution in [2.24, 2.45) is 0 Å². The minimum atomic E-state index is -0.341. The molecule has 1 aromatic carbocycles. The van der Waals surface area contributed by atoms with Crippen LogP contribution in [0.1, 0.15) is 37.8 Å². The van der Waals surface area contributed by atoms with Crippen LogP contribution in [0.25, 0.3) is 0 Å². The summed E-state index contributed by atoms with van der Waals surface area (Å²) in [6, 6.07) is 6.63. The third kappa shape index (κ3) is 2.98. The number of aryl methyl sites for hydroxylation is 1. The van der Waals surface area contributed by atoms with Gasteiger partial charge in [0.2, 0.25) is 11.9 Å². The first kappa shape index (κ1) is 16.4. The minimum absolute atomic E-state index is 0.0594. The molecule has 1 aliphatic heterocycles. The van der Waals surface area contributed by atoms with Crippen molar-refractivity contribution in [2.45, 2.75) is 50.0 Å². The molecule has 1 aromatic heterocycles. The van der Waals surface area contributed by atoms with E-state index in [-0.39, 0.29) is 11.3 Å². The molecule has 2 heterocycles. The van der Waals surface area contributed by atoms with E-state index < -0.39 is 0 Å². The number of nitrogens with zero attached hydrogens (tertiary/aromatic N) is 2. The van der Waals surface area contributed by atoms with Crippen LogP contribution in [-0.4, -0.2) is 21.9 Å². The van der Waals surface area contributed by atoms with Crippen molar-refractivity contribution < 1.29 is 4.79 Å². The minimum Gasteiger partial charge on any atom is -0.324 e. The molecule has 1 saturated carbocycles. The van der Waals surface area contributed by atoms with Gasteiger partial charge in [-0.1, -0.05) is 0 Å². The van der Waals surface area contributed by atoms with Gasteiger partial charge in [0.15, 0.2) is 0 Å². The normalized spacial score (nSPS) is 16.9. The molecule has 0 radical (unpaired) electrons. The van der Waals surface area contributed by atoms with Gasteiger partial charge in [-0.15, -0.1) is 0 Å². The predicted molar refractivity (Wildman–Crippen MR) is 100 cm³/mol. The maximum atomic E-state index is 12.1. The maximum Gasteiger partial charge on any atom is 0.236 e. The highest BCUT2D eigenvalue weighted by molar-refractivity contribution is 7.97. The van der Waals surface area contributed by atoms with Crippen LogP contribution in [0.5, 0.6) is 0 Å². The first-order chi connectivity index (χ1) is 12.0. The van der Waals surface area contributed by atoms with Crippen molar-refractivity contribution in [3.63, 3.8) is 0 Å². The van der Waals surface area contributed by atoms with Crippen molar-refractivity contribution in [1.29, 1.82) is 0 Å². The summed E-state index contributed by atoms with van der Waals surface area (Å²) in [5.41, 5.74) is 2.67. The summed E-state index contributed by atoms with van der Waals surface area (Å²) in [6.45, 7) is 6.28. The fourth-order valence-electron chi connectivity index (χ4n) is 3.00. The molecule has 1 spiro atoms. The quantitative estimate of drug-likeness (QED) is 0.712. The third-order valence-electron chi connectivity index (χ3n) is 4.58. The Bertz CT molecular complexity index is 847. The standard InChI is InChI=1S/C18H21N5OS/c1-10(2)23-25-12-4-5-14(11(3)8-12)20-17-19-9-13-15(22-17)21-16(24)18(13)6-7-18/h4-5,8-10,23H,6-7H2,1-3H3,(H2,19,20,21,22,24). The van der Waals surface area contributed by atoms with E-state index >= 15 is 0 Å². The first-order valence-electron chi connectivity index (χ1n) is 8.47. The Hall–Kier alpha value is -2.12. The molecule has 7 heteroatoms. The molecule has 4 rings (SSSR count).